The molecule has 1 atom stereocenters. The Morgan fingerprint density at radius 2 is 2.10 bits per heavy atom. The average molecular weight is 311 g/mol. The van der Waals surface area contributed by atoms with E-state index in [4.69, 9.17) is 10.00 Å². The quantitative estimate of drug-likeness (QED) is 0.829. The summed E-state index contributed by atoms with van der Waals surface area (Å²) in [4.78, 5) is 15.2. The number of rotatable bonds is 4. The van der Waals surface area contributed by atoms with Crippen LogP contribution in [-0.2, 0) is 19.6 Å². The maximum absolute atomic E-state index is 12.2. The summed E-state index contributed by atoms with van der Waals surface area (Å²) in [5.74, 6) is -0.700. The van der Waals surface area contributed by atoms with E-state index in [-0.39, 0.29) is 10.6 Å². The number of ether oxygens (including phenoxy) is 1. The molecule has 1 aromatic heterocycles. The molecule has 0 unspecified atom stereocenters. The van der Waals surface area contributed by atoms with Crippen LogP contribution in [0.2, 0.25) is 0 Å². The van der Waals surface area contributed by atoms with Crippen LogP contribution in [0.1, 0.15) is 33.4 Å². The lowest BCUT2D eigenvalue weighted by Crippen LogP contribution is -2.42. The highest BCUT2D eigenvalue weighted by molar-refractivity contribution is 7.89. The fourth-order valence-corrected chi connectivity index (χ4v) is 2.73. The lowest BCUT2D eigenvalue weighted by Gasteiger charge is -2.22. The standard InChI is InChI=1S/C13H17N3O4S/c1-9(12(17)20-13(2,3)4)16-21(18,19)11-6-5-7-15-10(11)8-14/h5-7,9,16H,1-4H3/t9-/m0/s1. The number of sulfonamides is 1. The van der Waals surface area contributed by atoms with Crippen LogP contribution in [0.25, 0.3) is 0 Å². The number of carbonyl (C=O) groups is 1. The smallest absolute Gasteiger partial charge is 0.324 e. The minimum atomic E-state index is -4.04. The second-order valence-corrected chi connectivity index (χ2v) is 7.02. The predicted molar refractivity (Wildman–Crippen MR) is 74.6 cm³/mol. The molecule has 0 aromatic carbocycles. The zero-order valence-electron chi connectivity index (χ0n) is 12.2. The van der Waals surface area contributed by atoms with Crippen molar-refractivity contribution in [1.29, 1.82) is 5.26 Å². The predicted octanol–water partition coefficient (Wildman–Crippen LogP) is 0.962. The van der Waals surface area contributed by atoms with Crippen LogP contribution in [0.5, 0.6) is 0 Å². The van der Waals surface area contributed by atoms with E-state index in [2.05, 4.69) is 9.71 Å². The zero-order chi connectivity index (χ0) is 16.3. The van der Waals surface area contributed by atoms with Gasteiger partial charge >= 0.3 is 5.97 Å². The van der Waals surface area contributed by atoms with Crippen molar-refractivity contribution >= 4 is 16.0 Å². The van der Waals surface area contributed by atoms with Crippen molar-refractivity contribution in [2.75, 3.05) is 0 Å². The van der Waals surface area contributed by atoms with Crippen LogP contribution in [0.3, 0.4) is 0 Å². The minimum absolute atomic E-state index is 0.235. The van der Waals surface area contributed by atoms with Gasteiger partial charge in [-0.05, 0) is 39.8 Å². The van der Waals surface area contributed by atoms with Crippen LogP contribution in [0.4, 0.5) is 0 Å². The van der Waals surface area contributed by atoms with Gasteiger partial charge in [0, 0.05) is 6.20 Å². The van der Waals surface area contributed by atoms with E-state index in [1.807, 2.05) is 0 Å². The van der Waals surface area contributed by atoms with E-state index in [0.717, 1.165) is 0 Å². The normalized spacial score (nSPS) is 13.3. The maximum Gasteiger partial charge on any atom is 0.324 e. The monoisotopic (exact) mass is 311 g/mol. The van der Waals surface area contributed by atoms with Crippen molar-refractivity contribution in [3.63, 3.8) is 0 Å². The molecule has 0 amide bonds. The molecular formula is C13H17N3O4S. The van der Waals surface area contributed by atoms with Crippen LogP contribution >= 0.6 is 0 Å². The van der Waals surface area contributed by atoms with E-state index >= 15 is 0 Å². The number of carbonyl (C=O) groups excluding carboxylic acids is 1. The molecule has 0 aliphatic heterocycles. The Labute approximate surface area is 124 Å². The van der Waals surface area contributed by atoms with Crippen LogP contribution in [0.15, 0.2) is 23.2 Å². The van der Waals surface area contributed by atoms with Gasteiger partial charge in [0.15, 0.2) is 5.69 Å². The van der Waals surface area contributed by atoms with Crippen molar-refractivity contribution in [2.45, 2.75) is 44.2 Å². The van der Waals surface area contributed by atoms with Gasteiger partial charge in [-0.2, -0.15) is 9.98 Å². The van der Waals surface area contributed by atoms with Gasteiger partial charge in [-0.15, -0.1) is 0 Å². The number of aromatic nitrogens is 1. The summed E-state index contributed by atoms with van der Waals surface area (Å²) in [6.07, 6.45) is 1.31. The number of hydrogen-bond acceptors (Lipinski definition) is 6. The topological polar surface area (TPSA) is 109 Å². The van der Waals surface area contributed by atoms with E-state index in [1.165, 1.54) is 25.3 Å². The van der Waals surface area contributed by atoms with Gasteiger partial charge in [0.05, 0.1) is 0 Å². The number of esters is 1. The molecule has 0 spiro atoms. The first-order chi connectivity index (χ1) is 9.57. The number of hydrogen-bond donors (Lipinski definition) is 1. The molecular weight excluding hydrogens is 294 g/mol. The molecule has 1 rings (SSSR count). The minimum Gasteiger partial charge on any atom is -0.459 e. The van der Waals surface area contributed by atoms with E-state index in [1.54, 1.807) is 26.8 Å². The Kier molecular flexibility index (Phi) is 5.04. The van der Waals surface area contributed by atoms with Gasteiger partial charge in [0.25, 0.3) is 0 Å². The fourth-order valence-electron chi connectivity index (χ4n) is 1.43. The summed E-state index contributed by atoms with van der Waals surface area (Å²) in [7, 11) is -4.04. The van der Waals surface area contributed by atoms with E-state index in [0.29, 0.717) is 0 Å². The highest BCUT2D eigenvalue weighted by Gasteiger charge is 2.28. The molecule has 0 saturated heterocycles. The summed E-state index contributed by atoms with van der Waals surface area (Å²) in [6, 6.07) is 3.26. The van der Waals surface area contributed by atoms with Gasteiger partial charge in [-0.25, -0.2) is 13.4 Å². The molecule has 114 valence electrons. The van der Waals surface area contributed by atoms with Crippen molar-refractivity contribution < 1.29 is 17.9 Å². The van der Waals surface area contributed by atoms with E-state index < -0.39 is 27.6 Å². The average Bonchev–Trinajstić information content (AvgIpc) is 2.36. The molecule has 1 N–H and O–H groups in total. The Bertz CT molecular complexity index is 671. The first-order valence-electron chi connectivity index (χ1n) is 6.17. The van der Waals surface area contributed by atoms with Crippen molar-refractivity contribution in [2.24, 2.45) is 0 Å². The molecule has 0 radical (unpaired) electrons. The molecule has 0 aliphatic carbocycles. The molecule has 1 heterocycles. The third-order valence-corrected chi connectivity index (χ3v) is 3.83. The highest BCUT2D eigenvalue weighted by Crippen LogP contribution is 2.14. The Morgan fingerprint density at radius 3 is 2.62 bits per heavy atom. The fraction of sp³-hybridized carbons (Fsp3) is 0.462. The molecule has 0 bridgehead atoms. The first kappa shape index (κ1) is 17.1. The lowest BCUT2D eigenvalue weighted by molar-refractivity contribution is -0.156. The molecule has 7 nitrogen and oxygen atoms in total. The first-order valence-corrected chi connectivity index (χ1v) is 7.65. The maximum atomic E-state index is 12.2. The van der Waals surface area contributed by atoms with Crippen LogP contribution < -0.4 is 4.72 Å². The second-order valence-electron chi connectivity index (χ2n) is 5.34. The Balaban J connectivity index is 2.96. The Hall–Kier alpha value is -1.98. The number of nitrogens with zero attached hydrogens (tertiary/aromatic N) is 2. The molecule has 0 aliphatic rings. The van der Waals surface area contributed by atoms with Crippen molar-refractivity contribution in [3.05, 3.63) is 24.0 Å². The molecule has 8 heteroatoms. The summed E-state index contributed by atoms with van der Waals surface area (Å²) in [5.41, 5.74) is -0.954. The van der Waals surface area contributed by atoms with Crippen LogP contribution in [-0.4, -0.2) is 31.0 Å². The Morgan fingerprint density at radius 1 is 1.48 bits per heavy atom. The molecule has 21 heavy (non-hydrogen) atoms. The van der Waals surface area contributed by atoms with Crippen molar-refractivity contribution in [3.8, 4) is 6.07 Å². The van der Waals surface area contributed by atoms with Gasteiger partial charge in [0.1, 0.15) is 22.6 Å². The van der Waals surface area contributed by atoms with Crippen molar-refractivity contribution in [1.82, 2.24) is 9.71 Å². The van der Waals surface area contributed by atoms with Gasteiger partial charge in [-0.3, -0.25) is 4.79 Å². The van der Waals surface area contributed by atoms with E-state index in [9.17, 15) is 13.2 Å². The summed E-state index contributed by atoms with van der Waals surface area (Å²) < 4.78 is 31.6. The molecule has 0 saturated carbocycles. The number of nitriles is 1. The third kappa shape index (κ3) is 4.81. The van der Waals surface area contributed by atoms with Gasteiger partial charge in [-0.1, -0.05) is 0 Å². The SMILES string of the molecule is C[C@H](NS(=O)(=O)c1cccnc1C#N)C(=O)OC(C)(C)C. The largest absolute Gasteiger partial charge is 0.459 e. The lowest BCUT2D eigenvalue weighted by atomic mass is 10.2. The third-order valence-electron chi connectivity index (χ3n) is 2.26. The number of pyridine rings is 1. The summed E-state index contributed by atoms with van der Waals surface area (Å²) in [6.45, 7) is 6.41. The molecule has 0 fully saturated rings. The zero-order valence-corrected chi connectivity index (χ0v) is 13.1. The summed E-state index contributed by atoms with van der Waals surface area (Å²) >= 11 is 0. The van der Waals surface area contributed by atoms with Gasteiger partial charge in [0.2, 0.25) is 10.0 Å². The van der Waals surface area contributed by atoms with Gasteiger partial charge < -0.3 is 4.74 Å². The second kappa shape index (κ2) is 6.20. The summed E-state index contributed by atoms with van der Waals surface area (Å²) in [5, 5.41) is 8.88. The highest BCUT2D eigenvalue weighted by atomic mass is 32.2. The number of nitrogens with one attached hydrogen (secondary N) is 1. The molecule has 1 aromatic rings. The van der Waals surface area contributed by atoms with Crippen LogP contribution in [0, 0.1) is 11.3 Å².